The number of carbonyl (C=O) groups excluding carboxylic acids is 3. The van der Waals surface area contributed by atoms with Gasteiger partial charge in [-0.1, -0.05) is 18.2 Å². The summed E-state index contributed by atoms with van der Waals surface area (Å²) in [5.41, 5.74) is 2.60. The third-order valence-electron chi connectivity index (χ3n) is 4.32. The molecule has 11 heteroatoms. The van der Waals surface area contributed by atoms with Crippen LogP contribution in [0.2, 0.25) is 0 Å². The monoisotopic (exact) mass is 464 g/mol. The number of hydrazone groups is 1. The van der Waals surface area contributed by atoms with E-state index in [0.29, 0.717) is 5.56 Å². The number of nitro groups is 1. The van der Waals surface area contributed by atoms with E-state index in [-0.39, 0.29) is 22.6 Å². The number of ether oxygens (including phenoxy) is 1. The van der Waals surface area contributed by atoms with Gasteiger partial charge in [0, 0.05) is 23.3 Å². The number of para-hydroxylation sites is 1. The third-order valence-corrected chi connectivity index (χ3v) is 4.32. The number of hydrogen-bond donors (Lipinski definition) is 2. The van der Waals surface area contributed by atoms with Crippen molar-refractivity contribution in [3.05, 3.63) is 105 Å². The van der Waals surface area contributed by atoms with Crippen LogP contribution < -0.4 is 15.5 Å². The highest BCUT2D eigenvalue weighted by Gasteiger charge is 2.13. The predicted octanol–water partition coefficient (Wildman–Crippen LogP) is 2.83. The van der Waals surface area contributed by atoms with Crippen LogP contribution in [0.1, 0.15) is 26.3 Å². The van der Waals surface area contributed by atoms with E-state index in [0.717, 1.165) is 6.07 Å². The molecule has 172 valence electrons. The molecule has 0 radical (unpaired) electrons. The summed E-state index contributed by atoms with van der Waals surface area (Å²) >= 11 is 0. The second-order valence-corrected chi connectivity index (χ2v) is 6.72. The first-order chi connectivity index (χ1) is 16.3. The van der Waals surface area contributed by atoms with Crippen LogP contribution in [0.25, 0.3) is 0 Å². The van der Waals surface area contributed by atoms with Crippen LogP contribution in [-0.4, -0.2) is 35.5 Å². The summed E-state index contributed by atoms with van der Waals surface area (Å²) in [6, 6.07) is 16.3. The SMILES string of the molecule is O=C(CNC(=O)c1cccc(F)c1)N/N=C/c1ccccc1OC(=O)c1ccc([N+](=O)[O-])cc1. The van der Waals surface area contributed by atoms with E-state index in [1.54, 1.807) is 18.2 Å². The van der Waals surface area contributed by atoms with E-state index >= 15 is 0 Å². The van der Waals surface area contributed by atoms with Crippen LogP contribution in [0.3, 0.4) is 0 Å². The van der Waals surface area contributed by atoms with Crippen LogP contribution in [0.15, 0.2) is 77.9 Å². The number of nitrogens with one attached hydrogen (secondary N) is 2. The van der Waals surface area contributed by atoms with Crippen LogP contribution in [-0.2, 0) is 4.79 Å². The molecule has 2 N–H and O–H groups in total. The molecule has 0 saturated heterocycles. The average molecular weight is 464 g/mol. The number of halogens is 1. The Labute approximate surface area is 192 Å². The topological polar surface area (TPSA) is 140 Å². The lowest BCUT2D eigenvalue weighted by Crippen LogP contribution is -2.34. The van der Waals surface area contributed by atoms with Crippen LogP contribution >= 0.6 is 0 Å². The lowest BCUT2D eigenvalue weighted by atomic mass is 10.2. The Bertz CT molecular complexity index is 1260. The minimum Gasteiger partial charge on any atom is -0.422 e. The number of amides is 2. The molecule has 3 rings (SSSR count). The normalized spacial score (nSPS) is 10.5. The molecule has 0 aliphatic carbocycles. The standard InChI is InChI=1S/C23H17FN4O6/c24-18-6-3-5-16(12-18)22(30)25-14-21(29)27-26-13-17-4-1-2-7-20(17)34-23(31)15-8-10-19(11-9-15)28(32)33/h1-13H,14H2,(H,25,30)(H,27,29)/b26-13+. The number of non-ortho nitro benzene ring substituents is 1. The predicted molar refractivity (Wildman–Crippen MR) is 119 cm³/mol. The molecule has 0 fully saturated rings. The summed E-state index contributed by atoms with van der Waals surface area (Å²) in [5, 5.41) is 16.8. The van der Waals surface area contributed by atoms with E-state index in [1.165, 1.54) is 54.7 Å². The molecule has 0 spiro atoms. The smallest absolute Gasteiger partial charge is 0.343 e. The highest BCUT2D eigenvalue weighted by Crippen LogP contribution is 2.19. The molecule has 10 nitrogen and oxygen atoms in total. The van der Waals surface area contributed by atoms with Gasteiger partial charge in [-0.2, -0.15) is 5.10 Å². The zero-order valence-electron chi connectivity index (χ0n) is 17.4. The quantitative estimate of drug-likeness (QED) is 0.173. The van der Waals surface area contributed by atoms with Gasteiger partial charge in [-0.15, -0.1) is 0 Å². The molecule has 0 aromatic heterocycles. The molecule has 0 bridgehead atoms. The first-order valence-electron chi connectivity index (χ1n) is 9.75. The molecule has 2 amide bonds. The maximum atomic E-state index is 13.2. The lowest BCUT2D eigenvalue weighted by molar-refractivity contribution is -0.384. The molecule has 0 aliphatic heterocycles. The molecule has 34 heavy (non-hydrogen) atoms. The van der Waals surface area contributed by atoms with Gasteiger partial charge in [0.2, 0.25) is 0 Å². The van der Waals surface area contributed by atoms with Gasteiger partial charge in [-0.3, -0.25) is 19.7 Å². The number of nitro benzene ring substituents is 1. The molecule has 0 aliphatic rings. The maximum Gasteiger partial charge on any atom is 0.343 e. The summed E-state index contributed by atoms with van der Waals surface area (Å²) in [5.74, 6) is -2.43. The first-order valence-corrected chi connectivity index (χ1v) is 9.75. The number of hydrogen-bond acceptors (Lipinski definition) is 7. The fourth-order valence-corrected chi connectivity index (χ4v) is 2.66. The molecule has 0 atom stereocenters. The molecular weight excluding hydrogens is 447 g/mol. The van der Waals surface area contributed by atoms with Gasteiger partial charge in [0.1, 0.15) is 11.6 Å². The molecule has 0 heterocycles. The minimum atomic E-state index is -0.736. The van der Waals surface area contributed by atoms with Crippen molar-refractivity contribution < 1.29 is 28.4 Å². The number of carbonyl (C=O) groups is 3. The van der Waals surface area contributed by atoms with E-state index in [2.05, 4.69) is 15.8 Å². The summed E-state index contributed by atoms with van der Waals surface area (Å²) in [7, 11) is 0. The van der Waals surface area contributed by atoms with Crippen molar-refractivity contribution in [2.24, 2.45) is 5.10 Å². The first kappa shape index (κ1) is 23.7. The summed E-state index contributed by atoms with van der Waals surface area (Å²) in [6.07, 6.45) is 1.24. The van der Waals surface area contributed by atoms with Crippen molar-refractivity contribution in [2.75, 3.05) is 6.54 Å². The van der Waals surface area contributed by atoms with Crippen molar-refractivity contribution in [3.63, 3.8) is 0 Å². The fraction of sp³-hybridized carbons (Fsp3) is 0.0435. The van der Waals surface area contributed by atoms with Gasteiger partial charge < -0.3 is 10.1 Å². The van der Waals surface area contributed by atoms with Gasteiger partial charge in [-0.25, -0.2) is 14.6 Å². The number of benzene rings is 3. The average Bonchev–Trinajstić information content (AvgIpc) is 2.83. The number of esters is 1. The Hall–Kier alpha value is -4.93. The van der Waals surface area contributed by atoms with Crippen LogP contribution in [0.5, 0.6) is 5.75 Å². The van der Waals surface area contributed by atoms with E-state index < -0.39 is 35.1 Å². The molecule has 3 aromatic rings. The largest absolute Gasteiger partial charge is 0.422 e. The molecule has 0 saturated carbocycles. The fourth-order valence-electron chi connectivity index (χ4n) is 2.66. The second-order valence-electron chi connectivity index (χ2n) is 6.72. The summed E-state index contributed by atoms with van der Waals surface area (Å²) in [4.78, 5) is 46.3. The van der Waals surface area contributed by atoms with Crippen molar-refractivity contribution in [1.29, 1.82) is 0 Å². The van der Waals surface area contributed by atoms with Crippen molar-refractivity contribution in [1.82, 2.24) is 10.7 Å². The molecule has 0 unspecified atom stereocenters. The van der Waals surface area contributed by atoms with Gasteiger partial charge in [-0.05, 0) is 42.5 Å². The highest BCUT2D eigenvalue weighted by atomic mass is 19.1. The Morgan fingerprint density at radius 1 is 1.00 bits per heavy atom. The molecule has 3 aromatic carbocycles. The van der Waals surface area contributed by atoms with Crippen molar-refractivity contribution in [3.8, 4) is 5.75 Å². The zero-order valence-corrected chi connectivity index (χ0v) is 17.4. The van der Waals surface area contributed by atoms with Crippen LogP contribution in [0, 0.1) is 15.9 Å². The van der Waals surface area contributed by atoms with Crippen LogP contribution in [0.4, 0.5) is 10.1 Å². The van der Waals surface area contributed by atoms with Gasteiger partial charge in [0.05, 0.1) is 23.2 Å². The second kappa shape index (κ2) is 11.1. The number of rotatable bonds is 8. The van der Waals surface area contributed by atoms with E-state index in [4.69, 9.17) is 4.74 Å². The summed E-state index contributed by atoms with van der Waals surface area (Å²) in [6.45, 7) is -0.399. The van der Waals surface area contributed by atoms with Gasteiger partial charge in [0.15, 0.2) is 0 Å². The van der Waals surface area contributed by atoms with Gasteiger partial charge >= 0.3 is 5.97 Å². The van der Waals surface area contributed by atoms with E-state index in [1.807, 2.05) is 0 Å². The lowest BCUT2D eigenvalue weighted by Gasteiger charge is -2.07. The zero-order chi connectivity index (χ0) is 24.5. The maximum absolute atomic E-state index is 13.2. The Morgan fingerprint density at radius 3 is 2.44 bits per heavy atom. The van der Waals surface area contributed by atoms with Crippen molar-refractivity contribution >= 4 is 29.7 Å². The Morgan fingerprint density at radius 2 is 1.74 bits per heavy atom. The van der Waals surface area contributed by atoms with Crippen molar-refractivity contribution in [2.45, 2.75) is 0 Å². The van der Waals surface area contributed by atoms with Gasteiger partial charge in [0.25, 0.3) is 17.5 Å². The minimum absolute atomic E-state index is 0.0695. The van der Waals surface area contributed by atoms with E-state index in [9.17, 15) is 28.9 Å². The Kier molecular flexibility index (Phi) is 7.74. The highest BCUT2D eigenvalue weighted by molar-refractivity contribution is 5.96. The third kappa shape index (κ3) is 6.53. The molecular formula is C23H17FN4O6. The Balaban J connectivity index is 1.56. The number of nitrogens with zero attached hydrogens (tertiary/aromatic N) is 2. The summed E-state index contributed by atoms with van der Waals surface area (Å²) < 4.78 is 18.5.